The standard InChI is InChI=1S/C23H32N6O6/c1-3-13(2)20(23(34)35)29-19(31)11-26-22(33)18(9-15-10-25-12-27-15)28-21(32)17(24)8-14-4-6-16(30)7-5-14/h4-7,10,12-13,17-18,20,30H,3,8-9,11,24H2,1-2H3,(H,25,27)(H,26,33)(H,28,32)(H,29,31)(H,34,35). The number of carboxylic acid groups (broad SMARTS) is 1. The molecule has 12 heteroatoms. The topological polar surface area (TPSA) is 200 Å². The van der Waals surface area contributed by atoms with Gasteiger partial charge in [-0.1, -0.05) is 32.4 Å². The molecule has 0 saturated carbocycles. The molecule has 3 amide bonds. The van der Waals surface area contributed by atoms with Gasteiger partial charge in [-0.2, -0.15) is 0 Å². The highest BCUT2D eigenvalue weighted by molar-refractivity contribution is 5.92. The van der Waals surface area contributed by atoms with Crippen LogP contribution in [0.2, 0.25) is 0 Å². The summed E-state index contributed by atoms with van der Waals surface area (Å²) in [5.41, 5.74) is 7.31. The first-order chi connectivity index (χ1) is 16.6. The number of carboxylic acids is 1. The van der Waals surface area contributed by atoms with Gasteiger partial charge in [-0.3, -0.25) is 14.4 Å². The Morgan fingerprint density at radius 1 is 1.09 bits per heavy atom. The van der Waals surface area contributed by atoms with Crippen LogP contribution in [0, 0.1) is 5.92 Å². The van der Waals surface area contributed by atoms with E-state index in [0.29, 0.717) is 12.1 Å². The lowest BCUT2D eigenvalue weighted by atomic mass is 9.99. The highest BCUT2D eigenvalue weighted by Gasteiger charge is 2.27. The summed E-state index contributed by atoms with van der Waals surface area (Å²) in [6, 6.07) is 3.13. The number of amides is 3. The Morgan fingerprint density at radius 3 is 2.34 bits per heavy atom. The molecule has 1 aromatic heterocycles. The number of aliphatic carboxylic acids is 1. The summed E-state index contributed by atoms with van der Waals surface area (Å²) in [6.07, 6.45) is 3.72. The maximum atomic E-state index is 12.8. The fourth-order valence-electron chi connectivity index (χ4n) is 3.28. The Kier molecular flexibility index (Phi) is 10.2. The Morgan fingerprint density at radius 2 is 1.77 bits per heavy atom. The number of aromatic nitrogens is 2. The van der Waals surface area contributed by atoms with Crippen LogP contribution in [-0.4, -0.2) is 68.5 Å². The molecule has 2 rings (SSSR count). The molecule has 0 saturated heterocycles. The predicted molar refractivity (Wildman–Crippen MR) is 126 cm³/mol. The van der Waals surface area contributed by atoms with Gasteiger partial charge in [0.25, 0.3) is 0 Å². The van der Waals surface area contributed by atoms with Gasteiger partial charge in [0.2, 0.25) is 17.7 Å². The van der Waals surface area contributed by atoms with Crippen molar-refractivity contribution in [1.29, 1.82) is 0 Å². The zero-order valence-electron chi connectivity index (χ0n) is 19.7. The number of phenols is 1. The Hall–Kier alpha value is -3.93. The molecular formula is C23H32N6O6. The van der Waals surface area contributed by atoms with Crippen LogP contribution >= 0.6 is 0 Å². The molecule has 2 aromatic rings. The maximum Gasteiger partial charge on any atom is 0.326 e. The largest absolute Gasteiger partial charge is 0.508 e. The second kappa shape index (κ2) is 13.1. The minimum atomic E-state index is -1.16. The number of nitrogens with one attached hydrogen (secondary N) is 4. The molecule has 190 valence electrons. The van der Waals surface area contributed by atoms with Crippen molar-refractivity contribution in [3.05, 3.63) is 48.0 Å². The van der Waals surface area contributed by atoms with Crippen molar-refractivity contribution in [3.63, 3.8) is 0 Å². The number of carbonyl (C=O) groups excluding carboxylic acids is 3. The third-order valence-corrected chi connectivity index (χ3v) is 5.56. The summed E-state index contributed by atoms with van der Waals surface area (Å²) in [5.74, 6) is -3.26. The number of rotatable bonds is 13. The van der Waals surface area contributed by atoms with Gasteiger partial charge in [-0.25, -0.2) is 9.78 Å². The fraction of sp³-hybridized carbons (Fsp3) is 0.435. The monoisotopic (exact) mass is 488 g/mol. The molecular weight excluding hydrogens is 456 g/mol. The molecule has 1 aromatic carbocycles. The molecule has 0 aliphatic heterocycles. The molecule has 0 fully saturated rings. The van der Waals surface area contributed by atoms with Gasteiger partial charge in [0, 0.05) is 18.3 Å². The summed E-state index contributed by atoms with van der Waals surface area (Å²) >= 11 is 0. The van der Waals surface area contributed by atoms with Crippen LogP contribution in [0.15, 0.2) is 36.8 Å². The van der Waals surface area contributed by atoms with E-state index in [2.05, 4.69) is 25.9 Å². The summed E-state index contributed by atoms with van der Waals surface area (Å²) in [5, 5.41) is 26.1. The van der Waals surface area contributed by atoms with E-state index in [1.54, 1.807) is 19.1 Å². The van der Waals surface area contributed by atoms with E-state index in [1.807, 2.05) is 6.92 Å². The molecule has 0 spiro atoms. The first-order valence-electron chi connectivity index (χ1n) is 11.2. The first-order valence-corrected chi connectivity index (χ1v) is 11.2. The van der Waals surface area contributed by atoms with Gasteiger partial charge in [0.1, 0.15) is 17.8 Å². The van der Waals surface area contributed by atoms with Gasteiger partial charge in [-0.15, -0.1) is 0 Å². The SMILES string of the molecule is CCC(C)C(NC(=O)CNC(=O)C(Cc1cnc[nH]1)NC(=O)C(N)Cc1ccc(O)cc1)C(=O)O. The Bertz CT molecular complexity index is 994. The lowest BCUT2D eigenvalue weighted by Gasteiger charge is -2.22. The Labute approximate surface area is 202 Å². The number of nitrogens with zero attached hydrogens (tertiary/aromatic N) is 1. The van der Waals surface area contributed by atoms with Crippen molar-refractivity contribution in [2.75, 3.05) is 6.54 Å². The number of aromatic hydroxyl groups is 1. The number of hydrogen-bond donors (Lipinski definition) is 7. The number of carbonyl (C=O) groups is 4. The van der Waals surface area contributed by atoms with Gasteiger partial charge < -0.3 is 36.9 Å². The number of imidazole rings is 1. The Balaban J connectivity index is 2.00. The highest BCUT2D eigenvalue weighted by Crippen LogP contribution is 2.11. The van der Waals surface area contributed by atoms with Crippen molar-refractivity contribution < 1.29 is 29.4 Å². The summed E-state index contributed by atoms with van der Waals surface area (Å²) in [6.45, 7) is 3.05. The zero-order valence-corrected chi connectivity index (χ0v) is 19.7. The van der Waals surface area contributed by atoms with Gasteiger partial charge >= 0.3 is 5.97 Å². The van der Waals surface area contributed by atoms with Gasteiger partial charge in [0.15, 0.2) is 0 Å². The molecule has 35 heavy (non-hydrogen) atoms. The summed E-state index contributed by atoms with van der Waals surface area (Å²) in [7, 11) is 0. The van der Waals surface area contributed by atoms with E-state index in [9.17, 15) is 29.4 Å². The van der Waals surface area contributed by atoms with Crippen molar-refractivity contribution >= 4 is 23.7 Å². The van der Waals surface area contributed by atoms with Crippen molar-refractivity contribution in [2.24, 2.45) is 11.7 Å². The normalized spacial score (nSPS) is 14.3. The molecule has 0 aliphatic carbocycles. The molecule has 0 radical (unpaired) electrons. The van der Waals surface area contributed by atoms with Crippen LogP contribution in [-0.2, 0) is 32.0 Å². The summed E-state index contributed by atoms with van der Waals surface area (Å²) in [4.78, 5) is 55.9. The fourth-order valence-corrected chi connectivity index (χ4v) is 3.28. The van der Waals surface area contributed by atoms with Crippen LogP contribution in [0.3, 0.4) is 0 Å². The molecule has 0 aliphatic rings. The zero-order chi connectivity index (χ0) is 26.0. The number of nitrogens with two attached hydrogens (primary N) is 1. The van der Waals surface area contributed by atoms with E-state index >= 15 is 0 Å². The van der Waals surface area contributed by atoms with Crippen molar-refractivity contribution in [3.8, 4) is 5.75 Å². The molecule has 4 atom stereocenters. The van der Waals surface area contributed by atoms with E-state index in [1.165, 1.54) is 24.7 Å². The number of hydrogen-bond acceptors (Lipinski definition) is 7. The average molecular weight is 489 g/mol. The minimum absolute atomic E-state index is 0.0652. The van der Waals surface area contributed by atoms with Crippen LogP contribution in [0.5, 0.6) is 5.75 Å². The second-order valence-electron chi connectivity index (χ2n) is 8.31. The maximum absolute atomic E-state index is 12.8. The van der Waals surface area contributed by atoms with Gasteiger partial charge in [-0.05, 0) is 30.0 Å². The molecule has 12 nitrogen and oxygen atoms in total. The van der Waals surface area contributed by atoms with Crippen LogP contribution in [0.25, 0.3) is 0 Å². The molecule has 4 unspecified atom stereocenters. The van der Waals surface area contributed by atoms with Crippen molar-refractivity contribution in [1.82, 2.24) is 25.9 Å². The average Bonchev–Trinajstić information content (AvgIpc) is 3.34. The van der Waals surface area contributed by atoms with E-state index in [4.69, 9.17) is 5.73 Å². The second-order valence-corrected chi connectivity index (χ2v) is 8.31. The minimum Gasteiger partial charge on any atom is -0.508 e. The number of H-pyrrole nitrogens is 1. The van der Waals surface area contributed by atoms with Crippen molar-refractivity contribution in [2.45, 2.75) is 51.2 Å². The predicted octanol–water partition coefficient (Wildman–Crippen LogP) is -0.556. The third kappa shape index (κ3) is 8.74. The lowest BCUT2D eigenvalue weighted by molar-refractivity contribution is -0.143. The molecule has 8 N–H and O–H groups in total. The van der Waals surface area contributed by atoms with Crippen LogP contribution in [0.4, 0.5) is 0 Å². The van der Waals surface area contributed by atoms with E-state index in [-0.39, 0.29) is 24.5 Å². The van der Waals surface area contributed by atoms with E-state index in [0.717, 1.165) is 5.56 Å². The first kappa shape index (κ1) is 27.3. The highest BCUT2D eigenvalue weighted by atomic mass is 16.4. The van der Waals surface area contributed by atoms with Crippen LogP contribution < -0.4 is 21.7 Å². The number of phenolic OH excluding ortho intramolecular Hbond substituents is 1. The van der Waals surface area contributed by atoms with Crippen LogP contribution in [0.1, 0.15) is 31.5 Å². The van der Waals surface area contributed by atoms with E-state index < -0.39 is 48.4 Å². The lowest BCUT2D eigenvalue weighted by Crippen LogP contribution is -2.55. The quantitative estimate of drug-likeness (QED) is 0.194. The summed E-state index contributed by atoms with van der Waals surface area (Å²) < 4.78 is 0. The molecule has 0 bridgehead atoms. The number of benzene rings is 1. The third-order valence-electron chi connectivity index (χ3n) is 5.56. The van der Waals surface area contributed by atoms with Gasteiger partial charge in [0.05, 0.1) is 18.9 Å². The number of aromatic amines is 1. The molecule has 1 heterocycles. The smallest absolute Gasteiger partial charge is 0.326 e.